The molecule has 1 fully saturated rings. The molecule has 0 radical (unpaired) electrons. The number of ether oxygens (including phenoxy) is 1. The predicted octanol–water partition coefficient (Wildman–Crippen LogP) is -1.27. The molecule has 0 bridgehead atoms. The maximum Gasteiger partial charge on any atom is 0.195 e. The fraction of sp³-hybridized carbons (Fsp3) is 1.00. The summed E-state index contributed by atoms with van der Waals surface area (Å²) in [6, 6.07) is 0. The minimum absolute atomic E-state index is 0.623. The summed E-state index contributed by atoms with van der Waals surface area (Å²) in [6.07, 6.45) is 0. The molecule has 1 saturated heterocycles. The molecule has 0 saturated carbocycles. The first-order valence-corrected chi connectivity index (χ1v) is 5.47. The highest BCUT2D eigenvalue weighted by atomic mass is 16.7. The van der Waals surface area contributed by atoms with E-state index in [1.165, 1.54) is 34.6 Å². The lowest BCUT2D eigenvalue weighted by atomic mass is 9.61. The molecule has 0 aliphatic carbocycles. The molecule has 17 heavy (non-hydrogen) atoms. The molecule has 5 atom stereocenters. The summed E-state index contributed by atoms with van der Waals surface area (Å²) in [4.78, 5) is 0. The van der Waals surface area contributed by atoms with Crippen LogP contribution in [0.2, 0.25) is 0 Å². The molecule has 1 aliphatic rings. The Morgan fingerprint density at radius 1 is 0.765 bits per heavy atom. The van der Waals surface area contributed by atoms with Gasteiger partial charge >= 0.3 is 0 Å². The van der Waals surface area contributed by atoms with Crippen molar-refractivity contribution in [3.8, 4) is 0 Å². The van der Waals surface area contributed by atoms with E-state index in [2.05, 4.69) is 0 Å². The summed E-state index contributed by atoms with van der Waals surface area (Å²) in [7, 11) is 0. The van der Waals surface area contributed by atoms with Crippen molar-refractivity contribution in [2.75, 3.05) is 6.61 Å². The van der Waals surface area contributed by atoms with Gasteiger partial charge in [-0.1, -0.05) is 0 Å². The van der Waals surface area contributed by atoms with Crippen molar-refractivity contribution in [2.45, 2.75) is 62.8 Å². The second kappa shape index (κ2) is 3.40. The average Bonchev–Trinajstić information content (AvgIpc) is 2.14. The van der Waals surface area contributed by atoms with Crippen molar-refractivity contribution < 1.29 is 30.3 Å². The van der Waals surface area contributed by atoms with Crippen LogP contribution in [-0.4, -0.2) is 60.3 Å². The van der Waals surface area contributed by atoms with Crippen LogP contribution in [0.15, 0.2) is 0 Å². The zero-order valence-electron chi connectivity index (χ0n) is 10.9. The number of aliphatic hydroxyl groups excluding tert-OH is 1. The van der Waals surface area contributed by atoms with E-state index in [0.29, 0.717) is 0 Å². The summed E-state index contributed by atoms with van der Waals surface area (Å²) < 4.78 is 5.22. The van der Waals surface area contributed by atoms with Gasteiger partial charge in [0.25, 0.3) is 0 Å². The van der Waals surface area contributed by atoms with Gasteiger partial charge in [0, 0.05) is 0 Å². The van der Waals surface area contributed by atoms with Crippen molar-refractivity contribution in [2.24, 2.45) is 0 Å². The summed E-state index contributed by atoms with van der Waals surface area (Å²) in [5, 5.41) is 50.4. The molecule has 1 aliphatic heterocycles. The van der Waals surface area contributed by atoms with Gasteiger partial charge in [0.15, 0.2) is 5.79 Å². The molecule has 5 N–H and O–H groups in total. The molecule has 0 aromatic heterocycles. The molecule has 0 aromatic rings. The monoisotopic (exact) mass is 250 g/mol. The lowest BCUT2D eigenvalue weighted by molar-refractivity contribution is -0.449. The van der Waals surface area contributed by atoms with Crippen LogP contribution in [0.25, 0.3) is 0 Å². The summed E-state index contributed by atoms with van der Waals surface area (Å²) >= 11 is 0. The van der Waals surface area contributed by atoms with Crippen molar-refractivity contribution in [1.82, 2.24) is 0 Å². The lowest BCUT2D eigenvalue weighted by Gasteiger charge is -2.63. The third kappa shape index (κ3) is 1.49. The molecule has 102 valence electrons. The Morgan fingerprint density at radius 2 is 1.18 bits per heavy atom. The van der Waals surface area contributed by atoms with Crippen molar-refractivity contribution in [3.63, 3.8) is 0 Å². The van der Waals surface area contributed by atoms with Crippen molar-refractivity contribution >= 4 is 0 Å². The minimum atomic E-state index is -2.11. The van der Waals surface area contributed by atoms with Crippen LogP contribution in [-0.2, 0) is 4.74 Å². The smallest absolute Gasteiger partial charge is 0.195 e. The lowest BCUT2D eigenvalue weighted by Crippen LogP contribution is -2.84. The van der Waals surface area contributed by atoms with Crippen LogP contribution >= 0.6 is 0 Å². The maximum atomic E-state index is 10.4. The molecule has 5 unspecified atom stereocenters. The predicted molar refractivity (Wildman–Crippen MR) is 59.1 cm³/mol. The first-order valence-electron chi connectivity index (χ1n) is 5.47. The van der Waals surface area contributed by atoms with Gasteiger partial charge in [-0.05, 0) is 34.6 Å². The van der Waals surface area contributed by atoms with Gasteiger partial charge in [-0.3, -0.25) is 0 Å². The normalized spacial score (nSPS) is 60.4. The summed E-state index contributed by atoms with van der Waals surface area (Å²) in [5.41, 5.74) is -7.76. The standard InChI is InChI=1S/C11H22O6/c1-7(6-12)8(2,13)9(3,14)10(4,15)11(5,16)17-7/h12-16H,6H2,1-5H3. The van der Waals surface area contributed by atoms with E-state index in [1.54, 1.807) is 0 Å². The van der Waals surface area contributed by atoms with Gasteiger partial charge in [-0.25, -0.2) is 0 Å². The molecule has 1 rings (SSSR count). The Kier molecular flexibility index (Phi) is 2.97. The molecule has 6 nitrogen and oxygen atoms in total. The third-order valence-electron chi connectivity index (χ3n) is 4.55. The van der Waals surface area contributed by atoms with E-state index in [1.807, 2.05) is 0 Å². The van der Waals surface area contributed by atoms with E-state index in [9.17, 15) is 25.5 Å². The Balaban J connectivity index is 3.46. The van der Waals surface area contributed by atoms with Crippen LogP contribution < -0.4 is 0 Å². The SMILES string of the molecule is CC1(O)OC(C)(CO)C(C)(O)C(C)(O)C1(C)O. The fourth-order valence-electron chi connectivity index (χ4n) is 2.26. The number of aliphatic hydroxyl groups is 5. The largest absolute Gasteiger partial charge is 0.393 e. The highest BCUT2D eigenvalue weighted by molar-refractivity contribution is 5.21. The van der Waals surface area contributed by atoms with Crippen molar-refractivity contribution in [3.05, 3.63) is 0 Å². The highest BCUT2D eigenvalue weighted by Crippen LogP contribution is 2.52. The number of rotatable bonds is 1. The zero-order chi connectivity index (χ0) is 13.9. The maximum absolute atomic E-state index is 10.4. The molecule has 1 heterocycles. The van der Waals surface area contributed by atoms with Crippen molar-refractivity contribution in [1.29, 1.82) is 0 Å². The van der Waals surface area contributed by atoms with E-state index in [-0.39, 0.29) is 0 Å². The number of hydrogen-bond acceptors (Lipinski definition) is 6. The highest BCUT2D eigenvalue weighted by Gasteiger charge is 2.73. The molecule has 6 heteroatoms. The summed E-state index contributed by atoms with van der Waals surface area (Å²) in [6.45, 7) is 5.50. The van der Waals surface area contributed by atoms with Crippen LogP contribution in [0.3, 0.4) is 0 Å². The zero-order valence-corrected chi connectivity index (χ0v) is 10.9. The quantitative estimate of drug-likeness (QED) is 0.397. The van der Waals surface area contributed by atoms with Gasteiger partial charge in [-0.15, -0.1) is 0 Å². The van der Waals surface area contributed by atoms with Crippen LogP contribution in [0.4, 0.5) is 0 Å². The topological polar surface area (TPSA) is 110 Å². The molecular weight excluding hydrogens is 228 g/mol. The summed E-state index contributed by atoms with van der Waals surface area (Å²) in [5.74, 6) is -2.11. The van der Waals surface area contributed by atoms with Crippen LogP contribution in [0.5, 0.6) is 0 Å². The first-order chi connectivity index (χ1) is 7.27. The van der Waals surface area contributed by atoms with E-state index >= 15 is 0 Å². The number of hydrogen-bond donors (Lipinski definition) is 5. The van der Waals surface area contributed by atoms with E-state index < -0.39 is 34.8 Å². The van der Waals surface area contributed by atoms with E-state index in [4.69, 9.17) is 4.74 Å². The van der Waals surface area contributed by atoms with Crippen LogP contribution in [0.1, 0.15) is 34.6 Å². The molecule has 0 aromatic carbocycles. The average molecular weight is 250 g/mol. The second-order valence-electron chi connectivity index (χ2n) is 5.69. The van der Waals surface area contributed by atoms with E-state index in [0.717, 1.165) is 0 Å². The Hall–Kier alpha value is -0.240. The Morgan fingerprint density at radius 3 is 1.53 bits per heavy atom. The van der Waals surface area contributed by atoms with Gasteiger partial charge in [0.05, 0.1) is 6.61 Å². The van der Waals surface area contributed by atoms with Gasteiger partial charge in [-0.2, -0.15) is 0 Å². The Labute approximate surface area is 100 Å². The third-order valence-corrected chi connectivity index (χ3v) is 4.55. The second-order valence-corrected chi connectivity index (χ2v) is 5.69. The minimum Gasteiger partial charge on any atom is -0.393 e. The molecule has 0 amide bonds. The van der Waals surface area contributed by atoms with Crippen LogP contribution in [0, 0.1) is 0 Å². The molecular formula is C11H22O6. The fourth-order valence-corrected chi connectivity index (χ4v) is 2.26. The molecule has 0 spiro atoms. The van der Waals surface area contributed by atoms with Gasteiger partial charge in [0.2, 0.25) is 0 Å². The van der Waals surface area contributed by atoms with Gasteiger partial charge in [0.1, 0.15) is 22.4 Å². The Bertz CT molecular complexity index is 320. The first kappa shape index (κ1) is 14.8. The van der Waals surface area contributed by atoms with Gasteiger partial charge < -0.3 is 30.3 Å².